The Balaban J connectivity index is 2.21. The number of halogens is 1. The third-order valence-electron chi connectivity index (χ3n) is 4.18. The van der Waals surface area contributed by atoms with Gasteiger partial charge in [-0.05, 0) is 23.8 Å². The lowest BCUT2D eigenvalue weighted by molar-refractivity contribution is -0.116. The van der Waals surface area contributed by atoms with Gasteiger partial charge in [0, 0.05) is 29.7 Å². The average molecular weight is 331 g/mol. The van der Waals surface area contributed by atoms with E-state index in [9.17, 15) is 9.18 Å². The summed E-state index contributed by atoms with van der Waals surface area (Å²) in [5.41, 5.74) is 1.71. The zero-order valence-electron chi connectivity index (χ0n) is 13.7. The lowest BCUT2D eigenvalue weighted by Crippen LogP contribution is -2.24. The fourth-order valence-corrected chi connectivity index (χ4v) is 3.08. The molecule has 0 saturated heterocycles. The second kappa shape index (κ2) is 6.39. The molecule has 1 heterocycles. The maximum absolute atomic E-state index is 14.5. The molecule has 0 bridgehead atoms. The Morgan fingerprint density at radius 1 is 1.04 bits per heavy atom. The number of carbonyl (C=O) groups excluding carboxylic acids is 1. The van der Waals surface area contributed by atoms with Gasteiger partial charge >= 0.3 is 0 Å². The number of benzene rings is 2. The fourth-order valence-electron chi connectivity index (χ4n) is 3.08. The normalized spacial score (nSPS) is 16.2. The Morgan fingerprint density at radius 2 is 1.71 bits per heavy atom. The van der Waals surface area contributed by atoms with E-state index in [0.29, 0.717) is 28.5 Å². The number of ether oxygens (including phenoxy) is 3. The minimum atomic E-state index is -0.468. The molecule has 0 aromatic heterocycles. The van der Waals surface area contributed by atoms with Gasteiger partial charge in [-0.3, -0.25) is 4.79 Å². The van der Waals surface area contributed by atoms with Gasteiger partial charge in [0.2, 0.25) is 5.91 Å². The third kappa shape index (κ3) is 2.64. The van der Waals surface area contributed by atoms with E-state index in [2.05, 4.69) is 5.32 Å². The van der Waals surface area contributed by atoms with Gasteiger partial charge in [-0.25, -0.2) is 4.39 Å². The Kier molecular flexibility index (Phi) is 4.29. The standard InChI is InChI=1S/C18H18FNO4/c1-22-14-6-4-5-12(19)18(14)11-8-17(21)20-13-9-16(24-3)15(23-2)7-10(11)13/h4-7,9,11H,8H2,1-3H3,(H,20,21). The molecule has 0 radical (unpaired) electrons. The van der Waals surface area contributed by atoms with E-state index in [0.717, 1.165) is 5.56 Å². The number of anilines is 1. The Bertz CT molecular complexity index is 791. The van der Waals surface area contributed by atoms with E-state index in [1.54, 1.807) is 24.3 Å². The maximum atomic E-state index is 14.5. The van der Waals surface area contributed by atoms with E-state index >= 15 is 0 Å². The predicted molar refractivity (Wildman–Crippen MR) is 87.6 cm³/mol. The number of carbonyl (C=O) groups is 1. The van der Waals surface area contributed by atoms with E-state index in [-0.39, 0.29) is 12.3 Å². The van der Waals surface area contributed by atoms with E-state index < -0.39 is 11.7 Å². The van der Waals surface area contributed by atoms with Crippen LogP contribution in [0.15, 0.2) is 30.3 Å². The van der Waals surface area contributed by atoms with E-state index in [1.807, 2.05) is 0 Å². The first-order valence-corrected chi connectivity index (χ1v) is 7.47. The van der Waals surface area contributed by atoms with Crippen molar-refractivity contribution in [1.82, 2.24) is 0 Å². The first-order valence-electron chi connectivity index (χ1n) is 7.47. The molecule has 1 amide bonds. The van der Waals surface area contributed by atoms with Crippen LogP contribution in [-0.2, 0) is 4.79 Å². The van der Waals surface area contributed by atoms with Crippen LogP contribution in [0.1, 0.15) is 23.5 Å². The lowest BCUT2D eigenvalue weighted by atomic mass is 9.83. The summed E-state index contributed by atoms with van der Waals surface area (Å²) < 4.78 is 30.4. The van der Waals surface area contributed by atoms with Crippen LogP contribution in [0, 0.1) is 5.82 Å². The van der Waals surface area contributed by atoms with Gasteiger partial charge in [-0.15, -0.1) is 0 Å². The third-order valence-corrected chi connectivity index (χ3v) is 4.18. The van der Waals surface area contributed by atoms with Crippen molar-refractivity contribution in [2.45, 2.75) is 12.3 Å². The smallest absolute Gasteiger partial charge is 0.225 e. The van der Waals surface area contributed by atoms with Crippen LogP contribution >= 0.6 is 0 Å². The van der Waals surface area contributed by atoms with E-state index in [1.165, 1.54) is 27.4 Å². The molecule has 2 aromatic carbocycles. The van der Waals surface area contributed by atoms with E-state index in [4.69, 9.17) is 14.2 Å². The summed E-state index contributed by atoms with van der Waals surface area (Å²) in [5, 5.41) is 2.80. The number of rotatable bonds is 4. The predicted octanol–water partition coefficient (Wildman–Crippen LogP) is 3.33. The number of methoxy groups -OCH3 is 3. The van der Waals surface area contributed by atoms with Crippen LogP contribution in [0.2, 0.25) is 0 Å². The second-order valence-electron chi connectivity index (χ2n) is 5.46. The summed E-state index contributed by atoms with van der Waals surface area (Å²) in [6, 6.07) is 8.09. The van der Waals surface area contributed by atoms with Crippen molar-refractivity contribution in [2.75, 3.05) is 26.6 Å². The molecule has 0 spiro atoms. The molecule has 24 heavy (non-hydrogen) atoms. The zero-order chi connectivity index (χ0) is 17.3. The summed E-state index contributed by atoms with van der Waals surface area (Å²) in [6.07, 6.45) is 0.125. The first kappa shape index (κ1) is 16.1. The molecule has 0 fully saturated rings. The minimum absolute atomic E-state index is 0.125. The van der Waals surface area contributed by atoms with Gasteiger partial charge in [-0.2, -0.15) is 0 Å². The number of nitrogens with one attached hydrogen (secondary N) is 1. The number of hydrogen-bond acceptors (Lipinski definition) is 4. The van der Waals surface area contributed by atoms with Gasteiger partial charge in [-0.1, -0.05) is 6.07 Å². The van der Waals surface area contributed by atoms with Crippen molar-refractivity contribution in [3.8, 4) is 17.2 Å². The van der Waals surface area contributed by atoms with Crippen molar-refractivity contribution in [2.24, 2.45) is 0 Å². The average Bonchev–Trinajstić information content (AvgIpc) is 2.59. The van der Waals surface area contributed by atoms with Crippen LogP contribution in [0.3, 0.4) is 0 Å². The highest BCUT2D eigenvalue weighted by Gasteiger charge is 2.32. The van der Waals surface area contributed by atoms with Crippen molar-refractivity contribution in [3.63, 3.8) is 0 Å². The SMILES string of the molecule is COc1cc2c(cc1OC)C(c1c(F)cccc1OC)CC(=O)N2. The van der Waals surface area contributed by atoms with Crippen LogP contribution in [-0.4, -0.2) is 27.2 Å². The van der Waals surface area contributed by atoms with Crippen molar-refractivity contribution < 1.29 is 23.4 Å². The second-order valence-corrected chi connectivity index (χ2v) is 5.46. The summed E-state index contributed by atoms with van der Waals surface area (Å²) >= 11 is 0. The lowest BCUT2D eigenvalue weighted by Gasteiger charge is -2.28. The molecule has 126 valence electrons. The van der Waals surface area contributed by atoms with Crippen molar-refractivity contribution in [1.29, 1.82) is 0 Å². The molecule has 0 aliphatic carbocycles. The maximum Gasteiger partial charge on any atom is 0.225 e. The van der Waals surface area contributed by atoms with Crippen LogP contribution in [0.25, 0.3) is 0 Å². The molecular weight excluding hydrogens is 313 g/mol. The van der Waals surface area contributed by atoms with Gasteiger partial charge in [0.1, 0.15) is 11.6 Å². The van der Waals surface area contributed by atoms with Gasteiger partial charge in [0.05, 0.1) is 21.3 Å². The van der Waals surface area contributed by atoms with Crippen molar-refractivity contribution in [3.05, 3.63) is 47.3 Å². The molecule has 1 atom stereocenters. The van der Waals surface area contributed by atoms with Crippen LogP contribution in [0.4, 0.5) is 10.1 Å². The molecule has 0 saturated carbocycles. The number of amides is 1. The van der Waals surface area contributed by atoms with Crippen LogP contribution in [0.5, 0.6) is 17.2 Å². The molecule has 5 nitrogen and oxygen atoms in total. The Hall–Kier alpha value is -2.76. The summed E-state index contributed by atoms with van der Waals surface area (Å²) in [6.45, 7) is 0. The van der Waals surface area contributed by atoms with Crippen LogP contribution < -0.4 is 19.5 Å². The Morgan fingerprint density at radius 3 is 2.38 bits per heavy atom. The highest BCUT2D eigenvalue weighted by atomic mass is 19.1. The Labute approximate surface area is 139 Å². The van der Waals surface area contributed by atoms with Gasteiger partial charge < -0.3 is 19.5 Å². The molecule has 1 unspecified atom stereocenters. The summed E-state index contributed by atoms with van der Waals surface area (Å²) in [7, 11) is 4.54. The topological polar surface area (TPSA) is 56.8 Å². The highest BCUT2D eigenvalue weighted by molar-refractivity contribution is 5.96. The minimum Gasteiger partial charge on any atom is -0.496 e. The summed E-state index contributed by atoms with van der Waals surface area (Å²) in [4.78, 5) is 12.1. The van der Waals surface area contributed by atoms with Gasteiger partial charge in [0.15, 0.2) is 11.5 Å². The first-order chi connectivity index (χ1) is 11.6. The number of hydrogen-bond donors (Lipinski definition) is 1. The van der Waals surface area contributed by atoms with Gasteiger partial charge in [0.25, 0.3) is 0 Å². The zero-order valence-corrected chi connectivity index (χ0v) is 13.7. The monoisotopic (exact) mass is 331 g/mol. The summed E-state index contributed by atoms with van der Waals surface area (Å²) in [5.74, 6) is 0.366. The fraction of sp³-hybridized carbons (Fsp3) is 0.278. The molecule has 2 aromatic rings. The van der Waals surface area contributed by atoms with Crippen molar-refractivity contribution >= 4 is 11.6 Å². The number of fused-ring (bicyclic) bond motifs is 1. The molecule has 1 aliphatic rings. The molecular formula is C18H18FNO4. The molecule has 6 heteroatoms. The highest BCUT2D eigenvalue weighted by Crippen LogP contribution is 2.45. The molecule has 1 aliphatic heterocycles. The molecule has 1 N–H and O–H groups in total. The largest absolute Gasteiger partial charge is 0.496 e. The quantitative estimate of drug-likeness (QED) is 0.934. The molecule has 3 rings (SSSR count).